The van der Waals surface area contributed by atoms with Crippen molar-refractivity contribution >= 4 is 28.5 Å². The summed E-state index contributed by atoms with van der Waals surface area (Å²) in [6.07, 6.45) is 0.192. The zero-order valence-electron chi connectivity index (χ0n) is 22.3. The number of amides is 1. The van der Waals surface area contributed by atoms with Gasteiger partial charge in [-0.1, -0.05) is 30.3 Å². The summed E-state index contributed by atoms with van der Waals surface area (Å²) >= 11 is 0. The van der Waals surface area contributed by atoms with Crippen LogP contribution in [0.2, 0.25) is 0 Å². The van der Waals surface area contributed by atoms with Gasteiger partial charge in [0.1, 0.15) is 17.3 Å². The molecule has 0 aliphatic carbocycles. The lowest BCUT2D eigenvalue weighted by Gasteiger charge is -2.44. The van der Waals surface area contributed by atoms with Crippen molar-refractivity contribution in [2.75, 3.05) is 19.0 Å². The number of para-hydroxylation sites is 2. The lowest BCUT2D eigenvalue weighted by atomic mass is 9.67. The maximum Gasteiger partial charge on any atom is 0.345 e. The molecule has 40 heavy (non-hydrogen) atoms. The molecule has 5 aliphatic rings. The topological polar surface area (TPSA) is 117 Å². The Morgan fingerprint density at radius 1 is 1.05 bits per heavy atom. The van der Waals surface area contributed by atoms with Gasteiger partial charge in [0.15, 0.2) is 29.0 Å². The number of rotatable bonds is 2. The molecule has 10 nitrogen and oxygen atoms in total. The Bertz CT molecular complexity index is 1680. The Morgan fingerprint density at radius 2 is 1.82 bits per heavy atom. The molecular weight excluding hydrogens is 516 g/mol. The first-order valence-electron chi connectivity index (χ1n) is 13.6. The number of benzene rings is 2. The number of esters is 1. The molecule has 5 aliphatic heterocycles. The number of fused-ring (bicyclic) bond motifs is 10. The molecule has 1 N–H and O–H groups in total. The first kappa shape index (κ1) is 24.2. The molecule has 0 bridgehead atoms. The zero-order chi connectivity index (χ0) is 27.6. The van der Waals surface area contributed by atoms with Gasteiger partial charge >= 0.3 is 5.97 Å². The molecule has 1 spiro atoms. The molecule has 6 atom stereocenters. The van der Waals surface area contributed by atoms with Crippen molar-refractivity contribution in [3.05, 3.63) is 75.6 Å². The predicted molar refractivity (Wildman–Crippen MR) is 140 cm³/mol. The third-order valence-electron chi connectivity index (χ3n) is 9.31. The minimum atomic E-state index is -1.65. The highest BCUT2D eigenvalue weighted by Gasteiger charge is 2.84. The summed E-state index contributed by atoms with van der Waals surface area (Å²) in [6, 6.07) is 14.0. The fourth-order valence-corrected chi connectivity index (χ4v) is 8.15. The number of nitrogens with zero attached hydrogens (tertiary/aromatic N) is 1. The molecule has 2 aromatic carbocycles. The molecule has 6 heterocycles. The number of ether oxygens (including phenoxy) is 4. The monoisotopic (exact) mass is 544 g/mol. The molecule has 4 fully saturated rings. The van der Waals surface area contributed by atoms with Crippen molar-refractivity contribution in [3.63, 3.8) is 0 Å². The van der Waals surface area contributed by atoms with Crippen LogP contribution >= 0.6 is 0 Å². The lowest BCUT2D eigenvalue weighted by Crippen LogP contribution is -2.60. The van der Waals surface area contributed by atoms with Crippen molar-refractivity contribution in [3.8, 4) is 0 Å². The van der Waals surface area contributed by atoms with Crippen LogP contribution in [0.5, 0.6) is 0 Å². The second kappa shape index (κ2) is 7.79. The van der Waals surface area contributed by atoms with E-state index in [0.29, 0.717) is 17.8 Å². The number of methoxy groups -OCH3 is 1. The van der Waals surface area contributed by atoms with E-state index in [1.165, 1.54) is 7.11 Å². The fourth-order valence-electron chi connectivity index (χ4n) is 8.15. The van der Waals surface area contributed by atoms with E-state index in [2.05, 4.69) is 10.2 Å². The third-order valence-corrected chi connectivity index (χ3v) is 9.31. The molecule has 206 valence electrons. The average molecular weight is 545 g/mol. The Balaban J connectivity index is 1.53. The second-order valence-corrected chi connectivity index (χ2v) is 11.6. The van der Waals surface area contributed by atoms with Crippen LogP contribution < -0.4 is 10.7 Å². The van der Waals surface area contributed by atoms with E-state index in [0.717, 1.165) is 12.8 Å². The maximum absolute atomic E-state index is 14.5. The van der Waals surface area contributed by atoms with Gasteiger partial charge in [0.25, 0.3) is 5.91 Å². The van der Waals surface area contributed by atoms with Gasteiger partial charge in [0.05, 0.1) is 12.5 Å². The number of carbonyl (C=O) groups excluding carboxylic acids is 2. The van der Waals surface area contributed by atoms with Crippen LogP contribution in [-0.4, -0.2) is 54.7 Å². The van der Waals surface area contributed by atoms with Gasteiger partial charge in [-0.25, -0.2) is 4.79 Å². The van der Waals surface area contributed by atoms with Gasteiger partial charge in [-0.3, -0.25) is 14.5 Å². The molecule has 0 radical (unpaired) electrons. The minimum absolute atomic E-state index is 0.0336. The van der Waals surface area contributed by atoms with Crippen LogP contribution in [0.15, 0.2) is 57.7 Å². The number of hydrogen-bond acceptors (Lipinski definition) is 9. The van der Waals surface area contributed by atoms with E-state index in [1.807, 2.05) is 38.1 Å². The Morgan fingerprint density at radius 3 is 2.65 bits per heavy atom. The molecule has 3 aromatic rings. The van der Waals surface area contributed by atoms with Gasteiger partial charge in [0, 0.05) is 23.2 Å². The van der Waals surface area contributed by atoms with Crippen molar-refractivity contribution in [2.45, 2.75) is 62.1 Å². The van der Waals surface area contributed by atoms with Crippen LogP contribution in [0.25, 0.3) is 11.0 Å². The number of nitrogens with one attached hydrogen (secondary N) is 1. The van der Waals surface area contributed by atoms with Gasteiger partial charge in [-0.05, 0) is 51.4 Å². The summed E-state index contributed by atoms with van der Waals surface area (Å²) in [4.78, 5) is 44.2. The quantitative estimate of drug-likeness (QED) is 0.486. The normalized spacial score (nSPS) is 35.0. The van der Waals surface area contributed by atoms with Crippen molar-refractivity contribution < 1.29 is 33.0 Å². The number of anilines is 1. The van der Waals surface area contributed by atoms with E-state index in [9.17, 15) is 14.4 Å². The Kier molecular flexibility index (Phi) is 4.72. The van der Waals surface area contributed by atoms with Crippen LogP contribution in [-0.2, 0) is 34.9 Å². The van der Waals surface area contributed by atoms with Crippen LogP contribution in [0.4, 0.5) is 5.69 Å². The summed E-state index contributed by atoms with van der Waals surface area (Å²) in [5.74, 6) is -2.64. The van der Waals surface area contributed by atoms with Gasteiger partial charge in [-0.2, -0.15) is 0 Å². The van der Waals surface area contributed by atoms with Gasteiger partial charge in [-0.15, -0.1) is 0 Å². The molecule has 1 aromatic heterocycles. The second-order valence-electron chi connectivity index (χ2n) is 11.6. The molecule has 10 heteroatoms. The molecule has 0 saturated carbocycles. The molecule has 1 amide bonds. The van der Waals surface area contributed by atoms with Crippen LogP contribution in [0.3, 0.4) is 0 Å². The van der Waals surface area contributed by atoms with E-state index < -0.39 is 46.6 Å². The van der Waals surface area contributed by atoms with Crippen molar-refractivity contribution in [2.24, 2.45) is 5.92 Å². The summed E-state index contributed by atoms with van der Waals surface area (Å²) in [7, 11) is 1.22. The van der Waals surface area contributed by atoms with E-state index in [4.69, 9.17) is 23.4 Å². The standard InChI is InChI=1S/C30H28N2O8/c1-28(2)38-23-21-18-12-8-14-32(18)29(16-10-5-6-11-17(16)31-27(29)35)30(21,40-26(23)39-28)24-20(25(34)36-3)22(33)15-9-4-7-13-19(15)37-24/h4-7,9-11,13,18,21,23,26H,8,12,14H2,1-3H3,(H,31,35)/t18?,21-,23-,26+,29+,30-/m0/s1. The fraction of sp³-hybridized carbons (Fsp3) is 0.433. The smallest absolute Gasteiger partial charge is 0.345 e. The summed E-state index contributed by atoms with van der Waals surface area (Å²) in [5.41, 5.74) is -2.33. The zero-order valence-corrected chi connectivity index (χ0v) is 22.3. The third kappa shape index (κ3) is 2.65. The van der Waals surface area contributed by atoms with Crippen molar-refractivity contribution in [1.29, 1.82) is 0 Å². The number of carbonyl (C=O) groups is 2. The highest BCUT2D eigenvalue weighted by atomic mass is 16.8. The largest absolute Gasteiger partial charge is 0.465 e. The predicted octanol–water partition coefficient (Wildman–Crippen LogP) is 3.22. The average Bonchev–Trinajstić information content (AvgIpc) is 3.69. The number of hydrogen-bond donors (Lipinski definition) is 1. The molecule has 4 saturated heterocycles. The summed E-state index contributed by atoms with van der Waals surface area (Å²) in [6.45, 7) is 4.25. The maximum atomic E-state index is 14.5. The lowest BCUT2D eigenvalue weighted by molar-refractivity contribution is -0.251. The highest BCUT2D eigenvalue weighted by Crippen LogP contribution is 2.70. The highest BCUT2D eigenvalue weighted by molar-refractivity contribution is 6.08. The molecule has 8 rings (SSSR count). The Hall–Kier alpha value is -3.57. The minimum Gasteiger partial charge on any atom is -0.465 e. The van der Waals surface area contributed by atoms with Crippen LogP contribution in [0.1, 0.15) is 48.4 Å². The van der Waals surface area contributed by atoms with E-state index >= 15 is 0 Å². The first-order valence-corrected chi connectivity index (χ1v) is 13.6. The molecular formula is C30H28N2O8. The first-order chi connectivity index (χ1) is 19.2. The van der Waals surface area contributed by atoms with Gasteiger partial charge in [0.2, 0.25) is 5.43 Å². The SMILES string of the molecule is COC(=O)c1c([C@@]23O[C@H]4OC(C)(C)O[C@H]4[C@@H]2C2CCCN2[C@]32C(=O)Nc3ccccc32)oc2ccccc2c1=O. The Labute approximate surface area is 229 Å². The van der Waals surface area contributed by atoms with E-state index in [1.54, 1.807) is 24.3 Å². The summed E-state index contributed by atoms with van der Waals surface area (Å²) < 4.78 is 31.4. The van der Waals surface area contributed by atoms with E-state index in [-0.39, 0.29) is 34.2 Å². The molecule has 1 unspecified atom stereocenters. The van der Waals surface area contributed by atoms with Crippen LogP contribution in [0, 0.1) is 5.92 Å². The van der Waals surface area contributed by atoms with Gasteiger partial charge < -0.3 is 28.7 Å². The summed E-state index contributed by atoms with van der Waals surface area (Å²) in [5, 5.41) is 3.30. The van der Waals surface area contributed by atoms with Crippen molar-refractivity contribution in [1.82, 2.24) is 4.90 Å².